The molecule has 5 nitrogen and oxygen atoms in total. The molecule has 5 heteroatoms. The number of likely N-dealkylation sites (N-methyl/N-ethyl adjacent to an activating group) is 3. The molecule has 0 saturated carbocycles. The van der Waals surface area contributed by atoms with Crippen molar-refractivity contribution in [2.24, 2.45) is 5.10 Å². The second-order valence-electron chi connectivity index (χ2n) is 7.17. The highest BCUT2D eigenvalue weighted by molar-refractivity contribution is 6.23. The van der Waals surface area contributed by atoms with Crippen molar-refractivity contribution in [2.45, 2.75) is 26.2 Å². The zero-order chi connectivity index (χ0) is 18.4. The van der Waals surface area contributed by atoms with Crippen LogP contribution in [0, 0.1) is 0 Å². The minimum absolute atomic E-state index is 0.0723. The van der Waals surface area contributed by atoms with Gasteiger partial charge in [-0.05, 0) is 30.7 Å². The second-order valence-corrected chi connectivity index (χ2v) is 7.17. The number of carbonyl (C=O) groups excluding carboxylic acids is 1. The van der Waals surface area contributed by atoms with E-state index in [-0.39, 0.29) is 11.3 Å². The zero-order valence-corrected chi connectivity index (χ0v) is 15.9. The van der Waals surface area contributed by atoms with E-state index in [9.17, 15) is 4.79 Å². The highest BCUT2D eigenvalue weighted by Gasteiger charge is 2.39. The Morgan fingerprint density at radius 3 is 2.52 bits per heavy atom. The van der Waals surface area contributed by atoms with Gasteiger partial charge in [0.05, 0.1) is 5.57 Å². The standard InChI is InChI=1S/C20H26N4O/c1-7-24-16-11-9-8-10-15(16)20(2,3)17(24)13-12-14-18(22(4)5)21-23(6)19(14)25/h8-13H,7H2,1-6H3/b14-12?,17-13-. The maximum Gasteiger partial charge on any atom is 0.277 e. The van der Waals surface area contributed by atoms with Crippen LogP contribution in [-0.2, 0) is 10.2 Å². The summed E-state index contributed by atoms with van der Waals surface area (Å²) in [5.74, 6) is 0.623. The summed E-state index contributed by atoms with van der Waals surface area (Å²) in [5.41, 5.74) is 4.29. The third-order valence-corrected chi connectivity index (χ3v) is 4.96. The minimum atomic E-state index is -0.105. The minimum Gasteiger partial charge on any atom is -0.361 e. The Labute approximate surface area is 149 Å². The number of para-hydroxylation sites is 1. The lowest BCUT2D eigenvalue weighted by Gasteiger charge is -2.26. The normalized spacial score (nSPS) is 22.0. The molecule has 0 radical (unpaired) electrons. The van der Waals surface area contributed by atoms with Gasteiger partial charge in [0.2, 0.25) is 0 Å². The SMILES string of the molecule is CCN1/C(=C\C=C2C(=O)N(C)N=C2N(C)C)C(C)(C)c2ccccc21. The second kappa shape index (κ2) is 6.06. The van der Waals surface area contributed by atoms with Gasteiger partial charge in [-0.25, -0.2) is 5.01 Å². The van der Waals surface area contributed by atoms with E-state index in [1.807, 2.05) is 25.1 Å². The number of amidine groups is 1. The topological polar surface area (TPSA) is 39.2 Å². The van der Waals surface area contributed by atoms with Crippen LogP contribution in [0.25, 0.3) is 0 Å². The number of fused-ring (bicyclic) bond motifs is 1. The molecule has 0 fully saturated rings. The molecule has 2 aliphatic heterocycles. The van der Waals surface area contributed by atoms with E-state index in [0.717, 1.165) is 6.54 Å². The van der Waals surface area contributed by atoms with Gasteiger partial charge >= 0.3 is 0 Å². The fraction of sp³-hybridized carbons (Fsp3) is 0.400. The van der Waals surface area contributed by atoms with Gasteiger partial charge in [0.1, 0.15) is 0 Å². The Balaban J connectivity index is 2.07. The number of hydrogen-bond donors (Lipinski definition) is 0. The van der Waals surface area contributed by atoms with Gasteiger partial charge in [-0.3, -0.25) is 4.79 Å². The van der Waals surface area contributed by atoms with Crippen LogP contribution in [0.3, 0.4) is 0 Å². The molecule has 0 N–H and O–H groups in total. The first-order valence-corrected chi connectivity index (χ1v) is 8.63. The van der Waals surface area contributed by atoms with Crippen molar-refractivity contribution in [1.29, 1.82) is 0 Å². The monoisotopic (exact) mass is 338 g/mol. The molecule has 2 heterocycles. The molecule has 1 amide bonds. The third-order valence-electron chi connectivity index (χ3n) is 4.96. The Kier molecular flexibility index (Phi) is 4.19. The summed E-state index contributed by atoms with van der Waals surface area (Å²) in [7, 11) is 5.49. The molecular weight excluding hydrogens is 312 g/mol. The fourth-order valence-corrected chi connectivity index (χ4v) is 3.63. The van der Waals surface area contributed by atoms with Crippen molar-refractivity contribution in [3.63, 3.8) is 0 Å². The molecule has 0 bridgehead atoms. The molecule has 25 heavy (non-hydrogen) atoms. The van der Waals surface area contributed by atoms with Crippen LogP contribution >= 0.6 is 0 Å². The van der Waals surface area contributed by atoms with Gasteiger partial charge in [-0.1, -0.05) is 32.0 Å². The number of amides is 1. The lowest BCUT2D eigenvalue weighted by Crippen LogP contribution is -2.26. The Morgan fingerprint density at radius 1 is 1.20 bits per heavy atom. The van der Waals surface area contributed by atoms with Crippen molar-refractivity contribution in [2.75, 3.05) is 32.6 Å². The van der Waals surface area contributed by atoms with Gasteiger partial charge in [0, 0.05) is 44.5 Å². The Morgan fingerprint density at radius 2 is 1.88 bits per heavy atom. The number of rotatable bonds is 2. The van der Waals surface area contributed by atoms with E-state index < -0.39 is 0 Å². The molecule has 0 unspecified atom stereocenters. The number of benzene rings is 1. The summed E-state index contributed by atoms with van der Waals surface area (Å²) in [6.45, 7) is 7.50. The van der Waals surface area contributed by atoms with Crippen LogP contribution in [0.5, 0.6) is 0 Å². The highest BCUT2D eigenvalue weighted by atomic mass is 16.2. The lowest BCUT2D eigenvalue weighted by atomic mass is 9.83. The predicted octanol–water partition coefficient (Wildman–Crippen LogP) is 2.96. The van der Waals surface area contributed by atoms with Crippen LogP contribution in [0.1, 0.15) is 26.3 Å². The number of hydrazone groups is 1. The van der Waals surface area contributed by atoms with Crippen LogP contribution in [0.4, 0.5) is 5.69 Å². The van der Waals surface area contributed by atoms with Crippen molar-refractivity contribution in [3.05, 3.63) is 53.3 Å². The molecule has 3 rings (SSSR count). The van der Waals surface area contributed by atoms with Crippen LogP contribution in [0.15, 0.2) is 52.8 Å². The first kappa shape index (κ1) is 17.3. The molecule has 0 saturated heterocycles. The first-order chi connectivity index (χ1) is 11.8. The zero-order valence-electron chi connectivity index (χ0n) is 15.9. The smallest absolute Gasteiger partial charge is 0.277 e. The number of anilines is 1. The van der Waals surface area contributed by atoms with Gasteiger partial charge in [0.15, 0.2) is 5.84 Å². The molecule has 0 aromatic heterocycles. The predicted molar refractivity (Wildman–Crippen MR) is 103 cm³/mol. The Hall–Kier alpha value is -2.56. The first-order valence-electron chi connectivity index (χ1n) is 8.63. The summed E-state index contributed by atoms with van der Waals surface area (Å²) < 4.78 is 0. The number of carbonyl (C=O) groups is 1. The summed E-state index contributed by atoms with van der Waals surface area (Å²) in [4.78, 5) is 16.6. The number of hydrogen-bond acceptors (Lipinski definition) is 4. The quantitative estimate of drug-likeness (QED) is 0.778. The average molecular weight is 338 g/mol. The molecule has 1 aromatic rings. The van der Waals surface area contributed by atoms with Gasteiger partial charge in [-0.2, -0.15) is 5.10 Å². The van der Waals surface area contributed by atoms with Crippen molar-refractivity contribution >= 4 is 17.4 Å². The maximum absolute atomic E-state index is 12.4. The molecule has 132 valence electrons. The molecular formula is C20H26N4O. The summed E-state index contributed by atoms with van der Waals surface area (Å²) >= 11 is 0. The van der Waals surface area contributed by atoms with Crippen LogP contribution in [0.2, 0.25) is 0 Å². The molecule has 2 aliphatic rings. The molecule has 0 spiro atoms. The lowest BCUT2D eigenvalue weighted by molar-refractivity contribution is -0.124. The summed E-state index contributed by atoms with van der Waals surface area (Å²) in [5, 5.41) is 5.72. The van der Waals surface area contributed by atoms with Gasteiger partial charge < -0.3 is 9.80 Å². The summed E-state index contributed by atoms with van der Waals surface area (Å²) in [6.07, 6.45) is 3.99. The van der Waals surface area contributed by atoms with E-state index in [1.165, 1.54) is 22.0 Å². The largest absolute Gasteiger partial charge is 0.361 e. The molecule has 0 aliphatic carbocycles. The van der Waals surface area contributed by atoms with E-state index in [4.69, 9.17) is 0 Å². The maximum atomic E-state index is 12.4. The van der Waals surface area contributed by atoms with Crippen molar-refractivity contribution in [1.82, 2.24) is 9.91 Å². The fourth-order valence-electron chi connectivity index (χ4n) is 3.63. The number of nitrogens with zero attached hydrogens (tertiary/aromatic N) is 4. The van der Waals surface area contributed by atoms with E-state index in [0.29, 0.717) is 11.4 Å². The highest BCUT2D eigenvalue weighted by Crippen LogP contribution is 2.47. The third kappa shape index (κ3) is 2.64. The van der Waals surface area contributed by atoms with E-state index in [1.54, 1.807) is 7.05 Å². The molecule has 0 atom stereocenters. The summed E-state index contributed by atoms with van der Waals surface area (Å²) in [6, 6.07) is 8.51. The van der Waals surface area contributed by atoms with E-state index >= 15 is 0 Å². The van der Waals surface area contributed by atoms with Crippen molar-refractivity contribution < 1.29 is 4.79 Å². The van der Waals surface area contributed by atoms with Gasteiger partial charge in [-0.15, -0.1) is 0 Å². The number of allylic oxidation sites excluding steroid dienone is 3. The van der Waals surface area contributed by atoms with Crippen LogP contribution in [-0.4, -0.2) is 49.3 Å². The Bertz CT molecular complexity index is 802. The average Bonchev–Trinajstić information content (AvgIpc) is 2.98. The van der Waals surface area contributed by atoms with Crippen molar-refractivity contribution in [3.8, 4) is 0 Å². The molecule has 1 aromatic carbocycles. The van der Waals surface area contributed by atoms with Crippen LogP contribution < -0.4 is 4.90 Å². The van der Waals surface area contributed by atoms with E-state index in [2.05, 4.69) is 61.1 Å². The van der Waals surface area contributed by atoms with Gasteiger partial charge in [0.25, 0.3) is 5.91 Å².